The van der Waals surface area contributed by atoms with E-state index in [1.807, 2.05) is 11.0 Å². The first-order valence-corrected chi connectivity index (χ1v) is 10.4. The third kappa shape index (κ3) is 6.21. The summed E-state index contributed by atoms with van der Waals surface area (Å²) in [5.74, 6) is -0.999. The van der Waals surface area contributed by atoms with Crippen molar-refractivity contribution in [1.29, 1.82) is 0 Å². The fraction of sp³-hybridized carbons (Fsp3) is 0.500. The molecular formula is C22H29ClN2O6. The minimum absolute atomic E-state index is 0.112. The molecule has 1 amide bonds. The fourth-order valence-electron chi connectivity index (χ4n) is 4.50. The van der Waals surface area contributed by atoms with E-state index in [-0.39, 0.29) is 23.7 Å². The molecule has 0 aliphatic carbocycles. The second kappa shape index (κ2) is 10.6. The van der Waals surface area contributed by atoms with E-state index < -0.39 is 11.9 Å². The second-order valence-electron chi connectivity index (χ2n) is 7.99. The van der Waals surface area contributed by atoms with Gasteiger partial charge in [-0.25, -0.2) is 0 Å². The van der Waals surface area contributed by atoms with Crippen LogP contribution in [0.1, 0.15) is 30.1 Å². The van der Waals surface area contributed by atoms with E-state index in [0.29, 0.717) is 35.8 Å². The van der Waals surface area contributed by atoms with Crippen molar-refractivity contribution in [3.05, 3.63) is 41.4 Å². The number of nitrogens with zero attached hydrogens (tertiary/aromatic N) is 2. The number of rotatable bonds is 7. The minimum atomic E-state index is -0.833. The van der Waals surface area contributed by atoms with Gasteiger partial charge >= 0.3 is 5.97 Å². The third-order valence-corrected chi connectivity index (χ3v) is 5.97. The number of fused-ring (bicyclic) bond motifs is 1. The van der Waals surface area contributed by atoms with Crippen LogP contribution in [0.2, 0.25) is 5.02 Å². The van der Waals surface area contributed by atoms with Gasteiger partial charge in [0.05, 0.1) is 12.7 Å². The highest BCUT2D eigenvalue weighted by molar-refractivity contribution is 6.31. The summed E-state index contributed by atoms with van der Waals surface area (Å²) in [4.78, 5) is 37.4. The monoisotopic (exact) mass is 452 g/mol. The number of likely N-dealkylation sites (tertiary alicyclic amines) is 2. The summed E-state index contributed by atoms with van der Waals surface area (Å²) in [6.45, 7) is 8.46. The summed E-state index contributed by atoms with van der Waals surface area (Å²) >= 11 is 6.08. The first-order valence-electron chi connectivity index (χ1n) is 9.99. The van der Waals surface area contributed by atoms with Crippen molar-refractivity contribution in [2.75, 3.05) is 39.8 Å². The Kier molecular flexibility index (Phi) is 8.47. The van der Waals surface area contributed by atoms with Gasteiger partial charge in [-0.1, -0.05) is 17.7 Å². The van der Waals surface area contributed by atoms with E-state index in [4.69, 9.17) is 26.2 Å². The Balaban J connectivity index is 0.000000785. The Bertz CT molecular complexity index is 841. The van der Waals surface area contributed by atoms with Crippen molar-refractivity contribution in [1.82, 2.24) is 9.80 Å². The molecule has 1 aromatic carbocycles. The highest BCUT2D eigenvalue weighted by Gasteiger charge is 2.53. The largest absolute Gasteiger partial charge is 0.496 e. The van der Waals surface area contributed by atoms with Gasteiger partial charge in [-0.05, 0) is 30.5 Å². The highest BCUT2D eigenvalue weighted by atomic mass is 35.5. The molecule has 2 fully saturated rings. The summed E-state index contributed by atoms with van der Waals surface area (Å²) < 4.78 is 5.32. The highest BCUT2D eigenvalue weighted by Crippen LogP contribution is 2.46. The molecule has 3 rings (SSSR count). The maximum atomic E-state index is 13.1. The molecule has 2 heterocycles. The smallest absolute Gasteiger partial charge is 0.303 e. The molecule has 9 heteroatoms. The summed E-state index contributed by atoms with van der Waals surface area (Å²) in [6, 6.07) is 5.01. The number of halogens is 1. The Morgan fingerprint density at radius 3 is 2.55 bits per heavy atom. The van der Waals surface area contributed by atoms with Crippen molar-refractivity contribution >= 4 is 29.4 Å². The summed E-state index contributed by atoms with van der Waals surface area (Å²) in [7, 11) is 1.53. The number of aliphatic carboxylic acids is 2. The second-order valence-corrected chi connectivity index (χ2v) is 8.42. The first kappa shape index (κ1) is 24.7. The van der Waals surface area contributed by atoms with Gasteiger partial charge in [0.25, 0.3) is 11.9 Å². The van der Waals surface area contributed by atoms with E-state index in [0.717, 1.165) is 26.6 Å². The number of carboxylic acids is 2. The van der Waals surface area contributed by atoms with Crippen LogP contribution in [-0.4, -0.2) is 77.7 Å². The zero-order valence-corrected chi connectivity index (χ0v) is 18.6. The summed E-state index contributed by atoms with van der Waals surface area (Å²) in [5, 5.41) is 17.1. The molecule has 0 saturated carbocycles. The molecule has 0 bridgehead atoms. The number of carbonyl (C=O) groups excluding carboxylic acids is 1. The lowest BCUT2D eigenvalue weighted by molar-refractivity contribution is -0.138. The minimum Gasteiger partial charge on any atom is -0.496 e. The van der Waals surface area contributed by atoms with Crippen molar-refractivity contribution in [2.45, 2.75) is 19.8 Å². The van der Waals surface area contributed by atoms with Gasteiger partial charge < -0.3 is 19.8 Å². The molecule has 1 aromatic rings. The SMILES string of the molecule is C=CCN1C[C@H]2CN(C(=O)c3cc(Cl)ccc3OC)C[C@@]2(CCC(=O)O)C1.CC(=O)O. The maximum absolute atomic E-state index is 13.1. The molecule has 170 valence electrons. The average Bonchev–Trinajstić information content (AvgIpc) is 3.19. The molecule has 0 unspecified atom stereocenters. The number of benzene rings is 1. The van der Waals surface area contributed by atoms with Gasteiger partial charge in [0.2, 0.25) is 0 Å². The number of hydrogen-bond acceptors (Lipinski definition) is 5. The van der Waals surface area contributed by atoms with E-state index in [2.05, 4.69) is 11.5 Å². The summed E-state index contributed by atoms with van der Waals surface area (Å²) in [5.41, 5.74) is 0.254. The predicted octanol–water partition coefficient (Wildman–Crippen LogP) is 2.86. The van der Waals surface area contributed by atoms with Crippen LogP contribution in [0.4, 0.5) is 0 Å². The number of amides is 1. The zero-order chi connectivity index (χ0) is 23.2. The van der Waals surface area contributed by atoms with Crippen LogP contribution in [0.25, 0.3) is 0 Å². The third-order valence-electron chi connectivity index (χ3n) is 5.73. The molecule has 2 N–H and O–H groups in total. The first-order chi connectivity index (χ1) is 14.6. The van der Waals surface area contributed by atoms with Crippen molar-refractivity contribution in [3.63, 3.8) is 0 Å². The fourth-order valence-corrected chi connectivity index (χ4v) is 4.67. The lowest BCUT2D eigenvalue weighted by atomic mass is 9.77. The topological polar surface area (TPSA) is 107 Å². The molecule has 2 atom stereocenters. The Labute approximate surface area is 187 Å². The molecule has 0 radical (unpaired) electrons. The van der Waals surface area contributed by atoms with Gasteiger partial charge in [-0.3, -0.25) is 19.3 Å². The van der Waals surface area contributed by atoms with Gasteiger partial charge in [-0.2, -0.15) is 0 Å². The van der Waals surface area contributed by atoms with Crippen molar-refractivity contribution in [3.8, 4) is 5.75 Å². The van der Waals surface area contributed by atoms with Crippen molar-refractivity contribution < 1.29 is 29.3 Å². The van der Waals surface area contributed by atoms with Crippen LogP contribution in [0, 0.1) is 11.3 Å². The number of methoxy groups -OCH3 is 1. The van der Waals surface area contributed by atoms with Crippen molar-refractivity contribution in [2.24, 2.45) is 11.3 Å². The lowest BCUT2D eigenvalue weighted by Crippen LogP contribution is -2.37. The van der Waals surface area contributed by atoms with E-state index >= 15 is 0 Å². The van der Waals surface area contributed by atoms with Crippen LogP contribution in [-0.2, 0) is 9.59 Å². The molecule has 31 heavy (non-hydrogen) atoms. The van der Waals surface area contributed by atoms with Gasteiger partial charge in [-0.15, -0.1) is 6.58 Å². The van der Waals surface area contributed by atoms with E-state index in [1.165, 1.54) is 7.11 Å². The number of carboxylic acid groups (broad SMARTS) is 2. The van der Waals surface area contributed by atoms with E-state index in [9.17, 15) is 14.7 Å². The van der Waals surface area contributed by atoms with Gasteiger partial charge in [0.1, 0.15) is 5.75 Å². The number of ether oxygens (including phenoxy) is 1. The Hall–Kier alpha value is -2.58. The van der Waals surface area contributed by atoms with Crippen LogP contribution in [0.3, 0.4) is 0 Å². The maximum Gasteiger partial charge on any atom is 0.303 e. The zero-order valence-electron chi connectivity index (χ0n) is 17.8. The van der Waals surface area contributed by atoms with Gasteiger partial charge in [0.15, 0.2) is 0 Å². The molecule has 2 saturated heterocycles. The molecule has 8 nitrogen and oxygen atoms in total. The average molecular weight is 453 g/mol. The van der Waals surface area contributed by atoms with E-state index in [1.54, 1.807) is 18.2 Å². The Morgan fingerprint density at radius 2 is 1.97 bits per heavy atom. The number of hydrogen-bond donors (Lipinski definition) is 2. The molecule has 0 aromatic heterocycles. The Morgan fingerprint density at radius 1 is 1.29 bits per heavy atom. The molecular weight excluding hydrogens is 424 g/mol. The molecule has 2 aliphatic heterocycles. The van der Waals surface area contributed by atoms with Crippen LogP contribution in [0.15, 0.2) is 30.9 Å². The number of carbonyl (C=O) groups is 3. The van der Waals surface area contributed by atoms with Crippen LogP contribution >= 0.6 is 11.6 Å². The molecule has 2 aliphatic rings. The summed E-state index contributed by atoms with van der Waals surface area (Å²) in [6.07, 6.45) is 2.55. The predicted molar refractivity (Wildman–Crippen MR) is 117 cm³/mol. The lowest BCUT2D eigenvalue weighted by Gasteiger charge is -2.29. The van der Waals surface area contributed by atoms with Crippen LogP contribution in [0.5, 0.6) is 5.75 Å². The van der Waals surface area contributed by atoms with Gasteiger partial charge in [0, 0.05) is 56.5 Å². The van der Waals surface area contributed by atoms with Crippen LogP contribution < -0.4 is 4.74 Å². The standard InChI is InChI=1S/C20H25ClN2O4.C2H4O2/c1-3-8-22-10-14-11-23(13-20(14,12-22)7-6-18(24)25)19(26)16-9-15(21)4-5-17(16)27-2;1-2(3)4/h3-5,9,14H,1,6-8,10-13H2,2H3,(H,24,25);1H3,(H,3,4)/t14-,20+;/m0./s1. The molecule has 0 spiro atoms. The quantitative estimate of drug-likeness (QED) is 0.612. The normalized spacial score (nSPS) is 22.3.